The third kappa shape index (κ3) is 4.08. The van der Waals surface area contributed by atoms with Crippen LogP contribution in [0.4, 0.5) is 5.69 Å². The highest BCUT2D eigenvalue weighted by Crippen LogP contribution is 2.23. The van der Waals surface area contributed by atoms with Gasteiger partial charge in [0.2, 0.25) is 0 Å². The molecule has 1 N–H and O–H groups in total. The molecule has 112 valence electrons. The van der Waals surface area contributed by atoms with Crippen molar-refractivity contribution in [1.82, 2.24) is 5.32 Å². The van der Waals surface area contributed by atoms with Gasteiger partial charge in [-0.15, -0.1) is 0 Å². The average molecular weight is 282 g/mol. The van der Waals surface area contributed by atoms with Crippen LogP contribution in [0.1, 0.15) is 29.7 Å². The molecule has 0 amide bonds. The molecule has 1 unspecified atom stereocenters. The van der Waals surface area contributed by atoms with Crippen molar-refractivity contribution in [3.63, 3.8) is 0 Å². The standard InChI is InChI=1S/C19H26N2/c1-5-20-19(14-16-10-7-6-9-15(16)2)17-11-8-12-18(13-17)21(3)4/h6-13,19-20H,5,14H2,1-4H3. The van der Waals surface area contributed by atoms with Crippen LogP contribution in [0.3, 0.4) is 0 Å². The lowest BCUT2D eigenvalue weighted by molar-refractivity contribution is 0.549. The van der Waals surface area contributed by atoms with Crippen LogP contribution < -0.4 is 10.2 Å². The first-order valence-corrected chi connectivity index (χ1v) is 7.67. The van der Waals surface area contributed by atoms with E-state index >= 15 is 0 Å². The highest BCUT2D eigenvalue weighted by atomic mass is 15.1. The van der Waals surface area contributed by atoms with E-state index < -0.39 is 0 Å². The number of hydrogen-bond donors (Lipinski definition) is 1. The highest BCUT2D eigenvalue weighted by Gasteiger charge is 2.13. The molecule has 0 heterocycles. The SMILES string of the molecule is CCNC(Cc1ccccc1C)c1cccc(N(C)C)c1. The van der Waals surface area contributed by atoms with Crippen LogP contribution in [0.25, 0.3) is 0 Å². The molecule has 2 aromatic rings. The van der Waals surface area contributed by atoms with Crippen LogP contribution >= 0.6 is 0 Å². The van der Waals surface area contributed by atoms with Crippen LogP contribution in [0.2, 0.25) is 0 Å². The van der Waals surface area contributed by atoms with Gasteiger partial charge in [0, 0.05) is 25.8 Å². The van der Waals surface area contributed by atoms with Crippen molar-refractivity contribution in [3.05, 3.63) is 65.2 Å². The van der Waals surface area contributed by atoms with Gasteiger partial charge >= 0.3 is 0 Å². The van der Waals surface area contributed by atoms with E-state index in [0.29, 0.717) is 6.04 Å². The van der Waals surface area contributed by atoms with Gasteiger partial charge in [0.25, 0.3) is 0 Å². The van der Waals surface area contributed by atoms with E-state index in [1.54, 1.807) is 0 Å². The summed E-state index contributed by atoms with van der Waals surface area (Å²) in [6.07, 6.45) is 1.03. The summed E-state index contributed by atoms with van der Waals surface area (Å²) in [7, 11) is 4.17. The predicted octanol–water partition coefficient (Wildman–Crippen LogP) is 3.95. The third-order valence-electron chi connectivity index (χ3n) is 3.92. The fourth-order valence-electron chi connectivity index (χ4n) is 2.63. The Morgan fingerprint density at radius 1 is 1.05 bits per heavy atom. The molecule has 0 aliphatic heterocycles. The Balaban J connectivity index is 2.26. The second-order valence-corrected chi connectivity index (χ2v) is 5.73. The second kappa shape index (κ2) is 7.28. The number of anilines is 1. The summed E-state index contributed by atoms with van der Waals surface area (Å²) in [6.45, 7) is 5.33. The number of hydrogen-bond acceptors (Lipinski definition) is 2. The number of likely N-dealkylation sites (N-methyl/N-ethyl adjacent to an activating group) is 1. The van der Waals surface area contributed by atoms with Crippen molar-refractivity contribution in [3.8, 4) is 0 Å². The fraction of sp³-hybridized carbons (Fsp3) is 0.368. The van der Waals surface area contributed by atoms with Gasteiger partial charge in [-0.25, -0.2) is 0 Å². The number of benzene rings is 2. The van der Waals surface area contributed by atoms with E-state index in [9.17, 15) is 0 Å². The largest absolute Gasteiger partial charge is 0.378 e. The molecule has 1 atom stereocenters. The number of nitrogens with one attached hydrogen (secondary N) is 1. The van der Waals surface area contributed by atoms with Crippen molar-refractivity contribution < 1.29 is 0 Å². The summed E-state index contributed by atoms with van der Waals surface area (Å²) < 4.78 is 0. The molecular formula is C19H26N2. The smallest absolute Gasteiger partial charge is 0.0364 e. The molecule has 0 radical (unpaired) electrons. The molecule has 0 saturated heterocycles. The summed E-state index contributed by atoms with van der Waals surface area (Å²) in [5, 5.41) is 3.62. The van der Waals surface area contributed by atoms with Crippen LogP contribution in [0.15, 0.2) is 48.5 Å². The summed E-state index contributed by atoms with van der Waals surface area (Å²) in [5.41, 5.74) is 5.38. The Hall–Kier alpha value is -1.80. The average Bonchev–Trinajstić information content (AvgIpc) is 2.49. The number of aryl methyl sites for hydroxylation is 1. The van der Waals surface area contributed by atoms with Gasteiger partial charge in [-0.2, -0.15) is 0 Å². The quantitative estimate of drug-likeness (QED) is 0.863. The normalized spacial score (nSPS) is 12.2. The van der Waals surface area contributed by atoms with E-state index in [-0.39, 0.29) is 0 Å². The molecule has 21 heavy (non-hydrogen) atoms. The zero-order valence-electron chi connectivity index (χ0n) is 13.6. The minimum atomic E-state index is 0.357. The van der Waals surface area contributed by atoms with Gasteiger partial charge in [-0.05, 0) is 48.7 Å². The topological polar surface area (TPSA) is 15.3 Å². The molecule has 0 aliphatic rings. The zero-order chi connectivity index (χ0) is 15.2. The summed E-state index contributed by atoms with van der Waals surface area (Å²) in [4.78, 5) is 2.15. The minimum Gasteiger partial charge on any atom is -0.378 e. The molecule has 2 aromatic carbocycles. The van der Waals surface area contributed by atoms with E-state index in [2.05, 4.69) is 86.7 Å². The molecule has 0 fully saturated rings. The lowest BCUT2D eigenvalue weighted by atomic mass is 9.95. The lowest BCUT2D eigenvalue weighted by Gasteiger charge is -2.22. The zero-order valence-corrected chi connectivity index (χ0v) is 13.6. The molecular weight excluding hydrogens is 256 g/mol. The van der Waals surface area contributed by atoms with Crippen molar-refractivity contribution in [2.24, 2.45) is 0 Å². The van der Waals surface area contributed by atoms with E-state index in [1.807, 2.05) is 0 Å². The van der Waals surface area contributed by atoms with Gasteiger partial charge < -0.3 is 10.2 Å². The van der Waals surface area contributed by atoms with Crippen molar-refractivity contribution in [1.29, 1.82) is 0 Å². The van der Waals surface area contributed by atoms with Crippen LogP contribution in [0, 0.1) is 6.92 Å². The van der Waals surface area contributed by atoms with Crippen molar-refractivity contribution in [2.45, 2.75) is 26.3 Å². The highest BCUT2D eigenvalue weighted by molar-refractivity contribution is 5.48. The van der Waals surface area contributed by atoms with E-state index in [1.165, 1.54) is 22.4 Å². The van der Waals surface area contributed by atoms with Gasteiger partial charge in [0.05, 0.1) is 0 Å². The predicted molar refractivity (Wildman–Crippen MR) is 92.1 cm³/mol. The molecule has 0 bridgehead atoms. The Labute approximate surface area is 128 Å². The first kappa shape index (κ1) is 15.6. The number of rotatable bonds is 6. The van der Waals surface area contributed by atoms with Crippen LogP contribution in [-0.2, 0) is 6.42 Å². The third-order valence-corrected chi connectivity index (χ3v) is 3.92. The first-order chi connectivity index (χ1) is 10.1. The second-order valence-electron chi connectivity index (χ2n) is 5.73. The van der Waals surface area contributed by atoms with Gasteiger partial charge in [0.15, 0.2) is 0 Å². The fourth-order valence-corrected chi connectivity index (χ4v) is 2.63. The lowest BCUT2D eigenvalue weighted by Crippen LogP contribution is -2.23. The Morgan fingerprint density at radius 3 is 2.48 bits per heavy atom. The van der Waals surface area contributed by atoms with E-state index in [4.69, 9.17) is 0 Å². The molecule has 0 spiro atoms. The van der Waals surface area contributed by atoms with Gasteiger partial charge in [-0.1, -0.05) is 43.3 Å². The number of nitrogens with zero attached hydrogens (tertiary/aromatic N) is 1. The summed E-state index contributed by atoms with van der Waals surface area (Å²) in [6, 6.07) is 17.8. The molecule has 0 saturated carbocycles. The van der Waals surface area contributed by atoms with Crippen LogP contribution in [0.5, 0.6) is 0 Å². The van der Waals surface area contributed by atoms with E-state index in [0.717, 1.165) is 13.0 Å². The molecule has 2 rings (SSSR count). The Morgan fingerprint density at radius 2 is 1.81 bits per heavy atom. The Bertz CT molecular complexity index is 575. The molecule has 2 heteroatoms. The first-order valence-electron chi connectivity index (χ1n) is 7.67. The summed E-state index contributed by atoms with van der Waals surface area (Å²) in [5.74, 6) is 0. The maximum Gasteiger partial charge on any atom is 0.0364 e. The van der Waals surface area contributed by atoms with Crippen molar-refractivity contribution >= 4 is 5.69 Å². The maximum atomic E-state index is 3.62. The van der Waals surface area contributed by atoms with Crippen LogP contribution in [-0.4, -0.2) is 20.6 Å². The van der Waals surface area contributed by atoms with Gasteiger partial charge in [-0.3, -0.25) is 0 Å². The minimum absolute atomic E-state index is 0.357. The Kier molecular flexibility index (Phi) is 5.40. The van der Waals surface area contributed by atoms with Gasteiger partial charge in [0.1, 0.15) is 0 Å². The molecule has 0 aromatic heterocycles. The monoisotopic (exact) mass is 282 g/mol. The van der Waals surface area contributed by atoms with Crippen molar-refractivity contribution in [2.75, 3.05) is 25.5 Å². The summed E-state index contributed by atoms with van der Waals surface area (Å²) >= 11 is 0. The maximum absolute atomic E-state index is 3.62. The molecule has 2 nitrogen and oxygen atoms in total. The molecule has 0 aliphatic carbocycles.